The second kappa shape index (κ2) is 6.85. The molecule has 3 aliphatic rings. The van der Waals surface area contributed by atoms with E-state index >= 15 is 0 Å². The second-order valence-corrected chi connectivity index (χ2v) is 8.44. The lowest BCUT2D eigenvalue weighted by Gasteiger charge is -2.29. The van der Waals surface area contributed by atoms with E-state index in [0.717, 1.165) is 37.3 Å². The van der Waals surface area contributed by atoms with E-state index < -0.39 is 0 Å². The van der Waals surface area contributed by atoms with E-state index in [4.69, 9.17) is 4.74 Å². The molecular weight excluding hydrogens is 352 g/mol. The quantitative estimate of drug-likeness (QED) is 0.863. The van der Waals surface area contributed by atoms with Gasteiger partial charge in [0, 0.05) is 43.9 Å². The number of rotatable bonds is 5. The largest absolute Gasteiger partial charge is 0.369 e. The van der Waals surface area contributed by atoms with Crippen LogP contribution in [-0.2, 0) is 16.0 Å². The number of aryl methyl sites for hydroxylation is 1. The SMILES string of the molecule is Cc1cccc(CC(=O)NC[C@H]2[C@H]3CN(c4cnccn4)C[C@]34CC[C@H]2O4)c1. The van der Waals surface area contributed by atoms with Crippen LogP contribution in [-0.4, -0.2) is 47.2 Å². The first kappa shape index (κ1) is 17.6. The van der Waals surface area contributed by atoms with Crippen molar-refractivity contribution in [3.8, 4) is 0 Å². The van der Waals surface area contributed by atoms with Gasteiger partial charge in [-0.25, -0.2) is 4.98 Å². The van der Waals surface area contributed by atoms with E-state index in [1.165, 1.54) is 5.56 Å². The topological polar surface area (TPSA) is 67.4 Å². The van der Waals surface area contributed by atoms with Crippen LogP contribution in [0, 0.1) is 18.8 Å². The molecule has 1 spiro atoms. The maximum Gasteiger partial charge on any atom is 0.224 e. The average Bonchev–Trinajstić information content (AvgIpc) is 3.35. The van der Waals surface area contributed by atoms with Gasteiger partial charge in [-0.15, -0.1) is 0 Å². The summed E-state index contributed by atoms with van der Waals surface area (Å²) in [4.78, 5) is 23.4. The molecule has 3 fully saturated rings. The molecule has 1 N–H and O–H groups in total. The van der Waals surface area contributed by atoms with Crippen LogP contribution in [0.5, 0.6) is 0 Å². The highest BCUT2D eigenvalue weighted by molar-refractivity contribution is 5.78. The van der Waals surface area contributed by atoms with Crippen LogP contribution in [0.25, 0.3) is 0 Å². The van der Waals surface area contributed by atoms with Gasteiger partial charge in [0.05, 0.1) is 24.3 Å². The Kier molecular flexibility index (Phi) is 4.31. The molecule has 28 heavy (non-hydrogen) atoms. The van der Waals surface area contributed by atoms with Gasteiger partial charge in [0.1, 0.15) is 5.82 Å². The van der Waals surface area contributed by atoms with Crippen LogP contribution in [0.2, 0.25) is 0 Å². The molecule has 5 rings (SSSR count). The minimum absolute atomic E-state index is 0.0753. The number of anilines is 1. The molecule has 1 aromatic heterocycles. The Balaban J connectivity index is 1.23. The first-order valence-corrected chi connectivity index (χ1v) is 10.1. The number of amides is 1. The Hall–Kier alpha value is -2.47. The summed E-state index contributed by atoms with van der Waals surface area (Å²) in [5.41, 5.74) is 2.17. The van der Waals surface area contributed by atoms with E-state index in [2.05, 4.69) is 39.2 Å². The summed E-state index contributed by atoms with van der Waals surface area (Å²) in [5, 5.41) is 3.18. The molecule has 0 unspecified atom stereocenters. The second-order valence-electron chi connectivity index (χ2n) is 8.44. The molecule has 0 saturated carbocycles. The number of aromatic nitrogens is 2. The highest BCUT2D eigenvalue weighted by Gasteiger charge is 2.63. The van der Waals surface area contributed by atoms with Crippen molar-refractivity contribution in [3.63, 3.8) is 0 Å². The number of carbonyl (C=O) groups excluding carboxylic acids is 1. The van der Waals surface area contributed by atoms with Gasteiger partial charge in [-0.1, -0.05) is 29.8 Å². The Morgan fingerprint density at radius 1 is 1.39 bits per heavy atom. The van der Waals surface area contributed by atoms with Gasteiger partial charge >= 0.3 is 0 Å². The van der Waals surface area contributed by atoms with Crippen molar-refractivity contribution in [2.24, 2.45) is 11.8 Å². The molecule has 146 valence electrons. The molecule has 1 aromatic carbocycles. The average molecular weight is 378 g/mol. The Morgan fingerprint density at radius 3 is 3.14 bits per heavy atom. The number of carbonyl (C=O) groups is 1. The van der Waals surface area contributed by atoms with Crippen LogP contribution in [0.15, 0.2) is 42.9 Å². The van der Waals surface area contributed by atoms with Crippen molar-refractivity contribution in [1.29, 1.82) is 0 Å². The van der Waals surface area contributed by atoms with Crippen molar-refractivity contribution in [1.82, 2.24) is 15.3 Å². The number of benzene rings is 1. The lowest BCUT2D eigenvalue weighted by atomic mass is 9.73. The zero-order valence-corrected chi connectivity index (χ0v) is 16.2. The normalized spacial score (nSPS) is 30.5. The van der Waals surface area contributed by atoms with Crippen molar-refractivity contribution in [3.05, 3.63) is 54.0 Å². The van der Waals surface area contributed by atoms with Crippen molar-refractivity contribution < 1.29 is 9.53 Å². The predicted octanol–water partition coefficient (Wildman–Crippen LogP) is 2.13. The zero-order valence-electron chi connectivity index (χ0n) is 16.2. The van der Waals surface area contributed by atoms with E-state index in [-0.39, 0.29) is 17.6 Å². The Morgan fingerprint density at radius 2 is 2.32 bits per heavy atom. The number of hydrogen-bond acceptors (Lipinski definition) is 5. The van der Waals surface area contributed by atoms with Crippen LogP contribution in [0.4, 0.5) is 5.82 Å². The van der Waals surface area contributed by atoms with Gasteiger partial charge in [0.15, 0.2) is 0 Å². The fourth-order valence-corrected chi connectivity index (χ4v) is 5.39. The summed E-state index contributed by atoms with van der Waals surface area (Å²) in [6.45, 7) is 4.54. The fourth-order valence-electron chi connectivity index (χ4n) is 5.39. The Labute approximate surface area is 165 Å². The highest BCUT2D eigenvalue weighted by Crippen LogP contribution is 2.55. The number of fused-ring (bicyclic) bond motifs is 1. The lowest BCUT2D eigenvalue weighted by Crippen LogP contribution is -2.42. The minimum atomic E-state index is -0.0753. The van der Waals surface area contributed by atoms with Crippen molar-refractivity contribution in [2.75, 3.05) is 24.5 Å². The molecule has 6 nitrogen and oxygen atoms in total. The van der Waals surface area contributed by atoms with E-state index in [9.17, 15) is 4.79 Å². The van der Waals surface area contributed by atoms with E-state index in [0.29, 0.717) is 24.8 Å². The van der Waals surface area contributed by atoms with Gasteiger partial charge in [0.2, 0.25) is 5.91 Å². The third kappa shape index (κ3) is 3.05. The van der Waals surface area contributed by atoms with Gasteiger partial charge in [-0.3, -0.25) is 9.78 Å². The van der Waals surface area contributed by atoms with Crippen LogP contribution < -0.4 is 10.2 Å². The molecule has 3 saturated heterocycles. The molecule has 6 heteroatoms. The number of nitrogens with zero attached hydrogens (tertiary/aromatic N) is 3. The van der Waals surface area contributed by atoms with Gasteiger partial charge in [-0.2, -0.15) is 0 Å². The fraction of sp³-hybridized carbons (Fsp3) is 0.500. The maximum atomic E-state index is 12.5. The molecule has 4 heterocycles. The molecule has 1 amide bonds. The minimum Gasteiger partial charge on any atom is -0.369 e. The van der Waals surface area contributed by atoms with Gasteiger partial charge in [0.25, 0.3) is 0 Å². The molecular formula is C22H26N4O2. The van der Waals surface area contributed by atoms with Crippen LogP contribution >= 0.6 is 0 Å². The first-order chi connectivity index (χ1) is 13.6. The summed E-state index contributed by atoms with van der Waals surface area (Å²) >= 11 is 0. The number of hydrogen-bond donors (Lipinski definition) is 1. The van der Waals surface area contributed by atoms with Crippen LogP contribution in [0.3, 0.4) is 0 Å². The molecule has 2 aromatic rings. The van der Waals surface area contributed by atoms with Crippen molar-refractivity contribution in [2.45, 2.75) is 37.9 Å². The number of ether oxygens (including phenoxy) is 1. The number of nitrogens with one attached hydrogen (secondary N) is 1. The van der Waals surface area contributed by atoms with Crippen molar-refractivity contribution >= 4 is 11.7 Å². The highest BCUT2D eigenvalue weighted by atomic mass is 16.5. The maximum absolute atomic E-state index is 12.5. The summed E-state index contributed by atoms with van der Waals surface area (Å²) in [7, 11) is 0. The smallest absolute Gasteiger partial charge is 0.224 e. The molecule has 4 atom stereocenters. The van der Waals surface area contributed by atoms with E-state index in [1.54, 1.807) is 12.4 Å². The summed E-state index contributed by atoms with van der Waals surface area (Å²) in [6.07, 6.45) is 8.16. The molecule has 0 aliphatic carbocycles. The molecule has 3 aliphatic heterocycles. The zero-order chi connectivity index (χ0) is 19.1. The Bertz CT molecular complexity index is 874. The van der Waals surface area contributed by atoms with Crippen LogP contribution in [0.1, 0.15) is 24.0 Å². The van der Waals surface area contributed by atoms with Gasteiger partial charge < -0.3 is 15.0 Å². The molecule has 2 bridgehead atoms. The summed E-state index contributed by atoms with van der Waals surface area (Å²) < 4.78 is 6.47. The standard InChI is InChI=1S/C22H26N4O2/c1-15-3-2-4-16(9-15)10-21(27)25-11-17-18-13-26(20-12-23-7-8-24-20)14-22(18)6-5-19(17)28-22/h2-4,7-9,12,17-19H,5-6,10-11,13-14H2,1H3,(H,25,27)/t17-,18+,19+,22+/m0/s1. The molecule has 0 radical (unpaired) electrons. The van der Waals surface area contributed by atoms with Gasteiger partial charge in [-0.05, 0) is 25.3 Å². The summed E-state index contributed by atoms with van der Waals surface area (Å²) in [5.74, 6) is 1.82. The third-order valence-electron chi connectivity index (χ3n) is 6.64. The summed E-state index contributed by atoms with van der Waals surface area (Å²) in [6, 6.07) is 8.14. The monoisotopic (exact) mass is 378 g/mol. The lowest BCUT2D eigenvalue weighted by molar-refractivity contribution is -0.120. The third-order valence-corrected chi connectivity index (χ3v) is 6.64. The first-order valence-electron chi connectivity index (χ1n) is 10.1. The van der Waals surface area contributed by atoms with E-state index in [1.807, 2.05) is 18.3 Å². The predicted molar refractivity (Wildman–Crippen MR) is 106 cm³/mol.